The number of carbonyl (C=O) groups excluding carboxylic acids is 2. The van der Waals surface area contributed by atoms with Crippen molar-refractivity contribution in [3.63, 3.8) is 0 Å². The molecular formula is C24H31ClFN3O4S. The van der Waals surface area contributed by atoms with E-state index in [1.54, 1.807) is 31.2 Å². The number of benzene rings is 2. The van der Waals surface area contributed by atoms with Gasteiger partial charge in [0.2, 0.25) is 21.8 Å². The predicted octanol–water partition coefficient (Wildman–Crippen LogP) is 3.97. The van der Waals surface area contributed by atoms with E-state index in [0.717, 1.165) is 22.7 Å². The highest BCUT2D eigenvalue weighted by molar-refractivity contribution is 7.92. The van der Waals surface area contributed by atoms with Gasteiger partial charge in [0, 0.05) is 17.6 Å². The number of rotatable bonds is 11. The molecule has 2 rings (SSSR count). The van der Waals surface area contributed by atoms with Crippen molar-refractivity contribution in [2.75, 3.05) is 17.1 Å². The molecule has 0 spiro atoms. The summed E-state index contributed by atoms with van der Waals surface area (Å²) in [6, 6.07) is 10.8. The first-order valence-electron chi connectivity index (χ1n) is 11.0. The highest BCUT2D eigenvalue weighted by Gasteiger charge is 2.32. The van der Waals surface area contributed by atoms with Gasteiger partial charge in [-0.3, -0.25) is 13.9 Å². The molecule has 2 atom stereocenters. The summed E-state index contributed by atoms with van der Waals surface area (Å²) in [5.41, 5.74) is 0.770. The van der Waals surface area contributed by atoms with E-state index in [0.29, 0.717) is 23.4 Å². The second kappa shape index (κ2) is 12.2. The third kappa shape index (κ3) is 7.43. The van der Waals surface area contributed by atoms with Gasteiger partial charge in [-0.15, -0.1) is 0 Å². The minimum Gasteiger partial charge on any atom is -0.352 e. The van der Waals surface area contributed by atoms with Gasteiger partial charge >= 0.3 is 0 Å². The zero-order chi connectivity index (χ0) is 25.5. The Morgan fingerprint density at radius 3 is 2.21 bits per heavy atom. The lowest BCUT2D eigenvalue weighted by atomic mass is 10.1. The summed E-state index contributed by atoms with van der Waals surface area (Å²) in [6.45, 7) is 5.05. The van der Waals surface area contributed by atoms with Crippen LogP contribution in [0.4, 0.5) is 10.1 Å². The number of hydrogen-bond acceptors (Lipinski definition) is 4. The summed E-state index contributed by atoms with van der Waals surface area (Å²) in [6.07, 6.45) is 2.00. The number of hydrogen-bond donors (Lipinski definition) is 1. The number of nitrogens with one attached hydrogen (secondary N) is 1. The van der Waals surface area contributed by atoms with Crippen molar-refractivity contribution in [1.82, 2.24) is 10.2 Å². The number of nitrogens with zero attached hydrogens (tertiary/aromatic N) is 2. The number of amides is 2. The summed E-state index contributed by atoms with van der Waals surface area (Å²) in [4.78, 5) is 27.9. The molecule has 186 valence electrons. The molecule has 34 heavy (non-hydrogen) atoms. The Bertz CT molecular complexity index is 1100. The number of carbonyl (C=O) groups is 2. The number of anilines is 1. The minimum atomic E-state index is -3.88. The molecule has 0 radical (unpaired) electrons. The van der Waals surface area contributed by atoms with Crippen molar-refractivity contribution in [1.29, 1.82) is 0 Å². The van der Waals surface area contributed by atoms with Crippen molar-refractivity contribution in [3.8, 4) is 0 Å². The maximum Gasteiger partial charge on any atom is 0.244 e. The molecule has 0 aliphatic heterocycles. The van der Waals surface area contributed by atoms with Crippen LogP contribution in [-0.4, -0.2) is 50.0 Å². The number of halogens is 2. The van der Waals surface area contributed by atoms with Gasteiger partial charge in [0.1, 0.15) is 18.4 Å². The van der Waals surface area contributed by atoms with Gasteiger partial charge in [0.15, 0.2) is 0 Å². The Morgan fingerprint density at radius 1 is 1.06 bits per heavy atom. The molecule has 1 N–H and O–H groups in total. The lowest BCUT2D eigenvalue weighted by Gasteiger charge is -2.33. The van der Waals surface area contributed by atoms with Gasteiger partial charge < -0.3 is 10.2 Å². The fraction of sp³-hybridized carbons (Fsp3) is 0.417. The Morgan fingerprint density at radius 2 is 1.68 bits per heavy atom. The first-order valence-corrected chi connectivity index (χ1v) is 13.3. The molecule has 2 aromatic rings. The third-order valence-electron chi connectivity index (χ3n) is 5.48. The van der Waals surface area contributed by atoms with E-state index in [1.165, 1.54) is 17.0 Å². The van der Waals surface area contributed by atoms with E-state index >= 15 is 0 Å². The maximum atomic E-state index is 13.5. The fourth-order valence-corrected chi connectivity index (χ4v) is 4.44. The summed E-state index contributed by atoms with van der Waals surface area (Å²) >= 11 is 6.32. The zero-order valence-electron chi connectivity index (χ0n) is 19.8. The van der Waals surface area contributed by atoms with Crippen LogP contribution < -0.4 is 9.62 Å². The van der Waals surface area contributed by atoms with Crippen LogP contribution in [0.3, 0.4) is 0 Å². The molecule has 0 aliphatic rings. The zero-order valence-corrected chi connectivity index (χ0v) is 21.4. The van der Waals surface area contributed by atoms with E-state index in [2.05, 4.69) is 5.32 Å². The van der Waals surface area contributed by atoms with E-state index in [-0.39, 0.29) is 24.2 Å². The normalized spacial score (nSPS) is 13.1. The van der Waals surface area contributed by atoms with Gasteiger partial charge in [-0.1, -0.05) is 43.6 Å². The van der Waals surface area contributed by atoms with Crippen molar-refractivity contribution < 1.29 is 22.4 Å². The number of sulfonamides is 1. The molecule has 2 aromatic carbocycles. The molecule has 0 aliphatic carbocycles. The van der Waals surface area contributed by atoms with Crippen LogP contribution in [0.2, 0.25) is 5.02 Å². The summed E-state index contributed by atoms with van der Waals surface area (Å²) < 4.78 is 39.3. The fourth-order valence-electron chi connectivity index (χ4n) is 3.39. The first kappa shape index (κ1) is 27.6. The summed E-state index contributed by atoms with van der Waals surface area (Å²) in [7, 11) is -3.88. The van der Waals surface area contributed by atoms with Crippen LogP contribution in [0.15, 0.2) is 48.5 Å². The Kier molecular flexibility index (Phi) is 9.88. The van der Waals surface area contributed by atoms with Crippen molar-refractivity contribution in [2.45, 2.75) is 52.2 Å². The van der Waals surface area contributed by atoms with E-state index in [1.807, 2.05) is 13.8 Å². The highest BCUT2D eigenvalue weighted by Crippen LogP contribution is 2.22. The molecule has 0 fully saturated rings. The molecule has 0 unspecified atom stereocenters. The maximum absolute atomic E-state index is 13.5. The monoisotopic (exact) mass is 511 g/mol. The van der Waals surface area contributed by atoms with Gasteiger partial charge in [-0.05, 0) is 55.7 Å². The molecule has 0 aromatic heterocycles. The molecular weight excluding hydrogens is 481 g/mol. The lowest BCUT2D eigenvalue weighted by molar-refractivity contribution is -0.140. The van der Waals surface area contributed by atoms with Crippen molar-refractivity contribution in [3.05, 3.63) is 64.9 Å². The second-order valence-electron chi connectivity index (χ2n) is 8.10. The second-order valence-corrected chi connectivity index (χ2v) is 10.4. The minimum absolute atomic E-state index is 0.0198. The van der Waals surface area contributed by atoms with E-state index in [9.17, 15) is 22.4 Å². The topological polar surface area (TPSA) is 86.8 Å². The van der Waals surface area contributed by atoms with Gasteiger partial charge in [-0.2, -0.15) is 0 Å². The van der Waals surface area contributed by atoms with Crippen molar-refractivity contribution >= 4 is 39.1 Å². The third-order valence-corrected chi connectivity index (χ3v) is 6.99. The van der Waals surface area contributed by atoms with Crippen LogP contribution in [0.25, 0.3) is 0 Å². The molecule has 0 saturated carbocycles. The van der Waals surface area contributed by atoms with Crippen LogP contribution >= 0.6 is 11.6 Å². The summed E-state index contributed by atoms with van der Waals surface area (Å²) in [5.74, 6) is -1.44. The van der Waals surface area contributed by atoms with E-state index < -0.39 is 34.3 Å². The van der Waals surface area contributed by atoms with Crippen LogP contribution in [0.1, 0.15) is 39.2 Å². The van der Waals surface area contributed by atoms with Gasteiger partial charge in [-0.25, -0.2) is 12.8 Å². The Labute approximate surface area is 205 Å². The Hall–Kier alpha value is -2.65. The molecule has 10 heteroatoms. The Balaban J connectivity index is 2.44. The van der Waals surface area contributed by atoms with E-state index in [4.69, 9.17) is 11.6 Å². The van der Waals surface area contributed by atoms with Crippen LogP contribution in [0.5, 0.6) is 0 Å². The van der Waals surface area contributed by atoms with Crippen LogP contribution in [0, 0.1) is 5.82 Å². The largest absolute Gasteiger partial charge is 0.352 e. The quantitative estimate of drug-likeness (QED) is 0.494. The average molecular weight is 512 g/mol. The molecule has 2 amide bonds. The molecule has 0 saturated heterocycles. The predicted molar refractivity (Wildman–Crippen MR) is 133 cm³/mol. The molecule has 7 nitrogen and oxygen atoms in total. The van der Waals surface area contributed by atoms with Gasteiger partial charge in [0.05, 0.1) is 11.9 Å². The summed E-state index contributed by atoms with van der Waals surface area (Å²) in [5, 5.41) is 3.33. The smallest absolute Gasteiger partial charge is 0.244 e. The average Bonchev–Trinajstić information content (AvgIpc) is 2.78. The van der Waals surface area contributed by atoms with Crippen LogP contribution in [-0.2, 0) is 26.2 Å². The lowest BCUT2D eigenvalue weighted by Crippen LogP contribution is -2.53. The van der Waals surface area contributed by atoms with Crippen molar-refractivity contribution in [2.24, 2.45) is 0 Å². The standard InChI is InChI=1S/C24H31ClFN3O4S/c1-5-17(3)27-24(31)22(6-2)28(15-18-9-7-8-10-21(18)25)23(30)16-29(34(4,32)33)20-13-11-19(26)12-14-20/h7-14,17,22H,5-6,15-16H2,1-4H3,(H,27,31)/t17-,22+/m0/s1. The molecule has 0 bridgehead atoms. The highest BCUT2D eigenvalue weighted by atomic mass is 35.5. The molecule has 0 heterocycles. The first-order chi connectivity index (χ1) is 16.0. The SMILES string of the molecule is CC[C@H](C(=O)N[C@@H](C)CC)N(Cc1ccccc1Cl)C(=O)CN(c1ccc(F)cc1)S(C)(=O)=O. The van der Waals surface area contributed by atoms with Gasteiger partial charge in [0.25, 0.3) is 0 Å².